The molecule has 0 aliphatic rings. The molecule has 0 aliphatic heterocycles. The van der Waals surface area contributed by atoms with Crippen molar-refractivity contribution in [3.63, 3.8) is 0 Å². The maximum absolute atomic E-state index is 12.3. The van der Waals surface area contributed by atoms with Crippen molar-refractivity contribution in [3.8, 4) is 5.75 Å². The third kappa shape index (κ3) is 3.06. The lowest BCUT2D eigenvalue weighted by Gasteiger charge is -2.07. The highest BCUT2D eigenvalue weighted by Crippen LogP contribution is 2.19. The molecule has 0 spiro atoms. The second-order valence-electron chi connectivity index (χ2n) is 5.94. The molecule has 0 radical (unpaired) electrons. The molecule has 138 valence electrons. The Balaban J connectivity index is 1.55. The number of ether oxygens (including phenoxy) is 2. The molecule has 0 atom stereocenters. The Morgan fingerprint density at radius 2 is 1.96 bits per heavy atom. The van der Waals surface area contributed by atoms with E-state index in [0.717, 1.165) is 11.3 Å². The highest BCUT2D eigenvalue weighted by molar-refractivity contribution is 7.17. The Bertz CT molecular complexity index is 1190. The fourth-order valence-electron chi connectivity index (χ4n) is 2.85. The molecular weight excluding hydrogens is 368 g/mol. The number of nitrogens with zero attached hydrogens (tertiary/aromatic N) is 4. The van der Waals surface area contributed by atoms with Crippen molar-refractivity contribution in [1.29, 1.82) is 0 Å². The summed E-state index contributed by atoms with van der Waals surface area (Å²) >= 11 is 1.36. The smallest absolute Gasteiger partial charge is 0.310 e. The van der Waals surface area contributed by atoms with Gasteiger partial charge in [-0.3, -0.25) is 18.6 Å². The van der Waals surface area contributed by atoms with Crippen molar-refractivity contribution < 1.29 is 14.3 Å². The molecule has 0 amide bonds. The maximum Gasteiger partial charge on any atom is 0.310 e. The molecule has 3 heterocycles. The Hall–Kier alpha value is -3.20. The van der Waals surface area contributed by atoms with Crippen LogP contribution >= 0.6 is 11.3 Å². The average Bonchev–Trinajstić information content (AvgIpc) is 3.32. The molecule has 9 heteroatoms. The Morgan fingerprint density at radius 3 is 2.70 bits per heavy atom. The lowest BCUT2D eigenvalue weighted by Crippen LogP contribution is -2.19. The molecule has 0 saturated carbocycles. The molecule has 0 unspecified atom stereocenters. The quantitative estimate of drug-likeness (QED) is 0.489. The zero-order valence-corrected chi connectivity index (χ0v) is 15.5. The van der Waals surface area contributed by atoms with Gasteiger partial charge < -0.3 is 9.47 Å². The number of rotatable bonds is 5. The van der Waals surface area contributed by atoms with Crippen LogP contribution in [0.25, 0.3) is 16.0 Å². The van der Waals surface area contributed by atoms with Crippen LogP contribution in [0.3, 0.4) is 0 Å². The first-order valence-corrected chi connectivity index (χ1v) is 9.05. The van der Waals surface area contributed by atoms with E-state index in [4.69, 9.17) is 9.47 Å². The second-order valence-corrected chi connectivity index (χ2v) is 6.85. The van der Waals surface area contributed by atoms with Crippen LogP contribution in [0, 0.1) is 0 Å². The van der Waals surface area contributed by atoms with E-state index in [1.807, 2.05) is 23.6 Å². The number of carbonyl (C=O) groups is 1. The third-order valence-electron chi connectivity index (χ3n) is 4.27. The molecule has 27 heavy (non-hydrogen) atoms. The first-order valence-electron chi connectivity index (χ1n) is 8.17. The van der Waals surface area contributed by atoms with Crippen LogP contribution in [-0.2, 0) is 29.6 Å². The predicted octanol–water partition coefficient (Wildman–Crippen LogP) is 1.94. The number of esters is 1. The standard InChI is InChI=1S/C18H16N4O4S/c1-21-17(24)16-13(7-8-27-16)22-14(19-20-18(21)22)10-26-15(23)9-11-3-5-12(25-2)6-4-11/h3-8H,9-10H2,1-2H3. The van der Waals surface area contributed by atoms with E-state index in [1.165, 1.54) is 15.9 Å². The van der Waals surface area contributed by atoms with E-state index < -0.39 is 0 Å². The number of thiophene rings is 1. The number of hydrogen-bond donors (Lipinski definition) is 0. The first kappa shape index (κ1) is 17.2. The normalized spacial score (nSPS) is 11.2. The summed E-state index contributed by atoms with van der Waals surface area (Å²) in [5.41, 5.74) is 1.42. The lowest BCUT2D eigenvalue weighted by atomic mass is 10.1. The van der Waals surface area contributed by atoms with Crippen molar-refractivity contribution in [2.75, 3.05) is 7.11 Å². The Morgan fingerprint density at radius 1 is 1.19 bits per heavy atom. The molecular formula is C18H16N4O4S. The molecule has 0 saturated heterocycles. The van der Waals surface area contributed by atoms with Crippen molar-refractivity contribution in [2.45, 2.75) is 13.0 Å². The summed E-state index contributed by atoms with van der Waals surface area (Å²) in [6, 6.07) is 9.06. The van der Waals surface area contributed by atoms with Crippen LogP contribution in [0.4, 0.5) is 0 Å². The molecule has 3 aromatic heterocycles. The summed E-state index contributed by atoms with van der Waals surface area (Å²) in [4.78, 5) is 24.5. The summed E-state index contributed by atoms with van der Waals surface area (Å²) in [5, 5.41) is 10.00. The molecule has 0 N–H and O–H groups in total. The minimum atomic E-state index is -0.372. The van der Waals surface area contributed by atoms with Crippen molar-refractivity contribution in [2.24, 2.45) is 7.05 Å². The SMILES string of the molecule is COc1ccc(CC(=O)OCc2nnc3n(C)c(=O)c4sccc4n23)cc1. The topological polar surface area (TPSA) is 87.7 Å². The fraction of sp³-hybridized carbons (Fsp3) is 0.222. The number of carbonyl (C=O) groups excluding carboxylic acids is 1. The van der Waals surface area contributed by atoms with Gasteiger partial charge in [-0.25, -0.2) is 0 Å². The van der Waals surface area contributed by atoms with Gasteiger partial charge in [0.15, 0.2) is 12.4 Å². The van der Waals surface area contributed by atoms with Crippen LogP contribution in [0.2, 0.25) is 0 Å². The van der Waals surface area contributed by atoms with Gasteiger partial charge >= 0.3 is 5.97 Å². The number of aromatic nitrogens is 4. The highest BCUT2D eigenvalue weighted by Gasteiger charge is 2.16. The minimum absolute atomic E-state index is 0.0285. The monoisotopic (exact) mass is 384 g/mol. The van der Waals surface area contributed by atoms with Crippen LogP contribution in [-0.4, -0.2) is 32.2 Å². The van der Waals surface area contributed by atoms with Crippen LogP contribution in [0.15, 0.2) is 40.5 Å². The first-order chi connectivity index (χ1) is 13.1. The number of benzene rings is 1. The minimum Gasteiger partial charge on any atom is -0.497 e. The number of fused-ring (bicyclic) bond motifs is 3. The van der Waals surface area contributed by atoms with E-state index in [0.29, 0.717) is 21.8 Å². The van der Waals surface area contributed by atoms with Gasteiger partial charge in [0, 0.05) is 7.05 Å². The third-order valence-corrected chi connectivity index (χ3v) is 5.16. The van der Waals surface area contributed by atoms with Gasteiger partial charge in [-0.15, -0.1) is 21.5 Å². The summed E-state index contributed by atoms with van der Waals surface area (Å²) in [5.74, 6) is 1.23. The molecule has 4 aromatic rings. The van der Waals surface area contributed by atoms with Gasteiger partial charge in [0.2, 0.25) is 5.78 Å². The zero-order valence-electron chi connectivity index (χ0n) is 14.7. The van der Waals surface area contributed by atoms with Crippen molar-refractivity contribution >= 4 is 33.3 Å². The van der Waals surface area contributed by atoms with Crippen LogP contribution in [0.5, 0.6) is 5.75 Å². The van der Waals surface area contributed by atoms with Gasteiger partial charge in [-0.05, 0) is 29.1 Å². The van der Waals surface area contributed by atoms with E-state index >= 15 is 0 Å². The van der Waals surface area contributed by atoms with E-state index in [2.05, 4.69) is 10.2 Å². The summed E-state index contributed by atoms with van der Waals surface area (Å²) in [7, 11) is 3.23. The van der Waals surface area contributed by atoms with Gasteiger partial charge in [0.1, 0.15) is 10.4 Å². The number of hydrogen-bond acceptors (Lipinski definition) is 7. The molecule has 4 rings (SSSR count). The maximum atomic E-state index is 12.3. The highest BCUT2D eigenvalue weighted by atomic mass is 32.1. The molecule has 8 nitrogen and oxygen atoms in total. The van der Waals surface area contributed by atoms with Crippen molar-refractivity contribution in [1.82, 2.24) is 19.2 Å². The molecule has 0 fully saturated rings. The van der Waals surface area contributed by atoms with Crippen LogP contribution in [0.1, 0.15) is 11.4 Å². The zero-order chi connectivity index (χ0) is 19.0. The van der Waals surface area contributed by atoms with Gasteiger partial charge in [-0.2, -0.15) is 0 Å². The lowest BCUT2D eigenvalue weighted by molar-refractivity contribution is -0.144. The van der Waals surface area contributed by atoms with E-state index in [1.54, 1.807) is 30.7 Å². The summed E-state index contributed by atoms with van der Waals surface area (Å²) in [6.07, 6.45) is 0.146. The Kier molecular flexibility index (Phi) is 4.36. The van der Waals surface area contributed by atoms with Crippen molar-refractivity contribution in [3.05, 3.63) is 57.5 Å². The van der Waals surface area contributed by atoms with Crippen LogP contribution < -0.4 is 10.3 Å². The molecule has 0 bridgehead atoms. The fourth-order valence-corrected chi connectivity index (χ4v) is 3.70. The predicted molar refractivity (Wildman–Crippen MR) is 100 cm³/mol. The summed E-state index contributed by atoms with van der Waals surface area (Å²) < 4.78 is 14.3. The van der Waals surface area contributed by atoms with Gasteiger partial charge in [-0.1, -0.05) is 12.1 Å². The summed E-state index contributed by atoms with van der Waals surface area (Å²) in [6.45, 7) is -0.0285. The van der Waals surface area contributed by atoms with Gasteiger partial charge in [0.25, 0.3) is 5.56 Å². The van der Waals surface area contributed by atoms with E-state index in [9.17, 15) is 9.59 Å². The molecule has 1 aromatic carbocycles. The molecule has 0 aliphatic carbocycles. The Labute approximate surface area is 157 Å². The van der Waals surface area contributed by atoms with Gasteiger partial charge in [0.05, 0.1) is 19.0 Å². The second kappa shape index (κ2) is 6.84. The number of aryl methyl sites for hydroxylation is 1. The van der Waals surface area contributed by atoms with E-state index in [-0.39, 0.29) is 24.6 Å². The largest absolute Gasteiger partial charge is 0.497 e. The number of methoxy groups -OCH3 is 1. The average molecular weight is 384 g/mol.